The van der Waals surface area contributed by atoms with Gasteiger partial charge in [-0.25, -0.2) is 9.97 Å². The van der Waals surface area contributed by atoms with E-state index in [0.717, 1.165) is 12.1 Å². The fourth-order valence-corrected chi connectivity index (χ4v) is 2.11. The zero-order valence-corrected chi connectivity index (χ0v) is 11.4. The number of carbonyl (C=O) groups is 1. The van der Waals surface area contributed by atoms with Crippen LogP contribution in [0.4, 0.5) is 13.2 Å². The molecule has 7 heteroatoms. The predicted molar refractivity (Wildman–Crippen MR) is 73.4 cm³/mol. The van der Waals surface area contributed by atoms with Gasteiger partial charge in [0.1, 0.15) is 5.69 Å². The SMILES string of the molecule is CC(=O)c1cn2c(-c3ccc(C(F)(F)F)cc3)cnc2cn1. The molecule has 4 nitrogen and oxygen atoms in total. The van der Waals surface area contributed by atoms with E-state index in [1.54, 1.807) is 4.40 Å². The van der Waals surface area contributed by atoms with Crippen LogP contribution in [0.3, 0.4) is 0 Å². The van der Waals surface area contributed by atoms with Crippen LogP contribution in [0, 0.1) is 0 Å². The Bertz CT molecular complexity index is 851. The lowest BCUT2D eigenvalue weighted by Crippen LogP contribution is -2.04. The van der Waals surface area contributed by atoms with Crippen LogP contribution in [0.5, 0.6) is 0 Å². The smallest absolute Gasteiger partial charge is 0.296 e. The third-order valence-electron chi connectivity index (χ3n) is 3.26. The van der Waals surface area contributed by atoms with Gasteiger partial charge in [0, 0.05) is 18.7 Å². The lowest BCUT2D eigenvalue weighted by atomic mass is 10.1. The lowest BCUT2D eigenvalue weighted by Gasteiger charge is -2.08. The normalized spacial score (nSPS) is 11.8. The number of carbonyl (C=O) groups excluding carboxylic acids is 1. The molecule has 0 N–H and O–H groups in total. The Hall–Kier alpha value is -2.70. The molecule has 0 saturated carbocycles. The number of nitrogens with zero attached hydrogens (tertiary/aromatic N) is 3. The van der Waals surface area contributed by atoms with E-state index in [2.05, 4.69) is 9.97 Å². The van der Waals surface area contributed by atoms with E-state index < -0.39 is 11.7 Å². The number of halogens is 3. The van der Waals surface area contributed by atoms with Crippen molar-refractivity contribution in [2.45, 2.75) is 13.1 Å². The van der Waals surface area contributed by atoms with Crippen molar-refractivity contribution in [3.8, 4) is 11.3 Å². The van der Waals surface area contributed by atoms with Crippen molar-refractivity contribution >= 4 is 11.4 Å². The molecule has 2 aromatic heterocycles. The summed E-state index contributed by atoms with van der Waals surface area (Å²) in [5, 5.41) is 0. The van der Waals surface area contributed by atoms with Gasteiger partial charge < -0.3 is 0 Å². The summed E-state index contributed by atoms with van der Waals surface area (Å²) in [5.74, 6) is -0.200. The second-order valence-corrected chi connectivity index (χ2v) is 4.78. The maximum absolute atomic E-state index is 12.6. The van der Waals surface area contributed by atoms with E-state index in [9.17, 15) is 18.0 Å². The Kier molecular flexibility index (Phi) is 3.20. The van der Waals surface area contributed by atoms with E-state index in [1.165, 1.54) is 37.6 Å². The van der Waals surface area contributed by atoms with Gasteiger partial charge in [0.2, 0.25) is 0 Å². The fourth-order valence-electron chi connectivity index (χ4n) is 2.11. The summed E-state index contributed by atoms with van der Waals surface area (Å²) >= 11 is 0. The number of aromatic nitrogens is 3. The molecular formula is C15H10F3N3O. The molecular weight excluding hydrogens is 295 g/mol. The minimum absolute atomic E-state index is 0.200. The van der Waals surface area contributed by atoms with Crippen LogP contribution < -0.4 is 0 Å². The maximum Gasteiger partial charge on any atom is 0.416 e. The molecule has 0 amide bonds. The molecule has 0 atom stereocenters. The van der Waals surface area contributed by atoms with Gasteiger partial charge in [-0.1, -0.05) is 12.1 Å². The molecule has 3 aromatic rings. The Morgan fingerprint density at radius 3 is 2.36 bits per heavy atom. The first-order valence-electron chi connectivity index (χ1n) is 6.38. The Labute approximate surface area is 123 Å². The van der Waals surface area contributed by atoms with E-state index in [0.29, 0.717) is 16.9 Å². The fraction of sp³-hybridized carbons (Fsp3) is 0.133. The van der Waals surface area contributed by atoms with Crippen molar-refractivity contribution in [2.24, 2.45) is 0 Å². The molecule has 0 spiro atoms. The van der Waals surface area contributed by atoms with E-state index in [4.69, 9.17) is 0 Å². The summed E-state index contributed by atoms with van der Waals surface area (Å²) in [7, 11) is 0. The Morgan fingerprint density at radius 2 is 1.77 bits per heavy atom. The topological polar surface area (TPSA) is 47.3 Å². The van der Waals surface area contributed by atoms with Crippen molar-refractivity contribution in [1.29, 1.82) is 0 Å². The van der Waals surface area contributed by atoms with E-state index in [-0.39, 0.29) is 11.5 Å². The summed E-state index contributed by atoms with van der Waals surface area (Å²) in [5.41, 5.74) is 1.23. The van der Waals surface area contributed by atoms with Gasteiger partial charge in [-0.2, -0.15) is 13.2 Å². The number of hydrogen-bond donors (Lipinski definition) is 0. The molecule has 22 heavy (non-hydrogen) atoms. The highest BCUT2D eigenvalue weighted by molar-refractivity contribution is 5.92. The quantitative estimate of drug-likeness (QED) is 0.679. The summed E-state index contributed by atoms with van der Waals surface area (Å²) in [6.07, 6.45) is 0.134. The number of rotatable bonds is 2. The van der Waals surface area contributed by atoms with Gasteiger partial charge in [-0.05, 0) is 12.1 Å². The first-order valence-corrected chi connectivity index (χ1v) is 6.38. The van der Waals surface area contributed by atoms with E-state index in [1.807, 2.05) is 0 Å². The standard InChI is InChI=1S/C15H10F3N3O/c1-9(22)12-8-21-13(6-20-14(21)7-19-12)10-2-4-11(5-3-10)15(16,17)18/h2-8H,1H3. The van der Waals surface area contributed by atoms with Gasteiger partial charge in [-0.15, -0.1) is 0 Å². The first kappa shape index (κ1) is 14.2. The summed E-state index contributed by atoms with van der Waals surface area (Å²) in [4.78, 5) is 19.5. The van der Waals surface area contributed by atoms with Crippen molar-refractivity contribution in [1.82, 2.24) is 14.4 Å². The highest BCUT2D eigenvalue weighted by Crippen LogP contribution is 2.31. The molecule has 0 aliphatic heterocycles. The number of Topliss-reactive ketones (excluding diaryl/α,β-unsaturated/α-hetero) is 1. The summed E-state index contributed by atoms with van der Waals surface area (Å²) in [6, 6.07) is 4.78. The maximum atomic E-state index is 12.6. The molecule has 0 aliphatic carbocycles. The van der Waals surface area contributed by atoms with Crippen molar-refractivity contribution in [3.05, 3.63) is 54.1 Å². The molecule has 0 radical (unpaired) electrons. The Morgan fingerprint density at radius 1 is 1.09 bits per heavy atom. The molecule has 0 unspecified atom stereocenters. The van der Waals surface area contributed by atoms with Crippen LogP contribution in [-0.4, -0.2) is 20.2 Å². The zero-order chi connectivity index (χ0) is 15.9. The third-order valence-corrected chi connectivity index (χ3v) is 3.26. The number of hydrogen-bond acceptors (Lipinski definition) is 3. The zero-order valence-electron chi connectivity index (χ0n) is 11.4. The van der Waals surface area contributed by atoms with Gasteiger partial charge in [0.25, 0.3) is 0 Å². The van der Waals surface area contributed by atoms with Crippen LogP contribution in [0.25, 0.3) is 16.9 Å². The molecule has 112 valence electrons. The number of alkyl halides is 3. The number of imidazole rings is 1. The number of benzene rings is 1. The number of ketones is 1. The molecule has 0 aliphatic rings. The van der Waals surface area contributed by atoms with Gasteiger partial charge in [0.05, 0.1) is 23.7 Å². The second-order valence-electron chi connectivity index (χ2n) is 4.78. The molecule has 1 aromatic carbocycles. The van der Waals surface area contributed by atoms with Gasteiger partial charge >= 0.3 is 6.18 Å². The van der Waals surface area contributed by atoms with Crippen LogP contribution in [0.2, 0.25) is 0 Å². The third kappa shape index (κ3) is 2.45. The Balaban J connectivity index is 2.10. The molecule has 0 bridgehead atoms. The van der Waals surface area contributed by atoms with Crippen LogP contribution in [0.15, 0.2) is 42.9 Å². The van der Waals surface area contributed by atoms with Crippen molar-refractivity contribution in [2.75, 3.05) is 0 Å². The molecule has 0 saturated heterocycles. The monoisotopic (exact) mass is 305 g/mol. The van der Waals surface area contributed by atoms with Crippen LogP contribution in [0.1, 0.15) is 23.0 Å². The van der Waals surface area contributed by atoms with Crippen molar-refractivity contribution in [3.63, 3.8) is 0 Å². The highest BCUT2D eigenvalue weighted by atomic mass is 19.4. The minimum atomic E-state index is -4.37. The number of fused-ring (bicyclic) bond motifs is 1. The van der Waals surface area contributed by atoms with Crippen LogP contribution in [-0.2, 0) is 6.18 Å². The van der Waals surface area contributed by atoms with Gasteiger partial charge in [0.15, 0.2) is 11.4 Å². The predicted octanol–water partition coefficient (Wildman–Crippen LogP) is 3.62. The summed E-state index contributed by atoms with van der Waals surface area (Å²) < 4.78 is 39.4. The average molecular weight is 305 g/mol. The average Bonchev–Trinajstić information content (AvgIpc) is 2.89. The molecule has 2 heterocycles. The van der Waals surface area contributed by atoms with Crippen molar-refractivity contribution < 1.29 is 18.0 Å². The highest BCUT2D eigenvalue weighted by Gasteiger charge is 2.30. The van der Waals surface area contributed by atoms with Gasteiger partial charge in [-0.3, -0.25) is 9.20 Å². The summed E-state index contributed by atoms with van der Waals surface area (Å²) in [6.45, 7) is 1.39. The lowest BCUT2D eigenvalue weighted by molar-refractivity contribution is -0.137. The molecule has 0 fully saturated rings. The first-order chi connectivity index (χ1) is 10.4. The van der Waals surface area contributed by atoms with E-state index >= 15 is 0 Å². The molecule has 3 rings (SSSR count). The minimum Gasteiger partial charge on any atom is -0.296 e. The second kappa shape index (κ2) is 4.94. The van der Waals surface area contributed by atoms with Crippen LogP contribution >= 0.6 is 0 Å². The largest absolute Gasteiger partial charge is 0.416 e.